The number of methoxy groups -OCH3 is 1. The number of anilines is 3. The average Bonchev–Trinajstić information content (AvgIpc) is 3.10. The highest BCUT2D eigenvalue weighted by atomic mass is 32.1. The summed E-state index contributed by atoms with van der Waals surface area (Å²) < 4.78 is 6.34. The van der Waals surface area contributed by atoms with Gasteiger partial charge in [0.25, 0.3) is 0 Å². The second kappa shape index (κ2) is 7.66. The van der Waals surface area contributed by atoms with E-state index in [0.29, 0.717) is 0 Å². The minimum Gasteiger partial charge on any atom is -0.495 e. The molecule has 4 rings (SSSR count). The van der Waals surface area contributed by atoms with Gasteiger partial charge in [-0.3, -0.25) is 9.78 Å². The number of nitrogens with one attached hydrogen (secondary N) is 2. The van der Waals surface area contributed by atoms with Crippen molar-refractivity contribution in [3.63, 3.8) is 0 Å². The van der Waals surface area contributed by atoms with Crippen LogP contribution in [0.5, 0.6) is 5.75 Å². The maximum Gasteiger partial charge on any atom is 0.221 e. The average molecular weight is 390 g/mol. The third-order valence-corrected chi connectivity index (χ3v) is 5.06. The van der Waals surface area contributed by atoms with Gasteiger partial charge in [0, 0.05) is 30.1 Å². The number of hydrogen-bond acceptors (Lipinski definition) is 6. The normalized spacial score (nSPS) is 10.6. The zero-order chi connectivity index (χ0) is 19.5. The molecular weight excluding hydrogens is 372 g/mol. The van der Waals surface area contributed by atoms with Gasteiger partial charge in [-0.05, 0) is 48.0 Å². The molecule has 0 aliphatic heterocycles. The maximum absolute atomic E-state index is 11.1. The Hall–Kier alpha value is -3.45. The van der Waals surface area contributed by atoms with E-state index in [1.807, 2.05) is 48.7 Å². The first-order valence-corrected chi connectivity index (χ1v) is 9.47. The minimum atomic E-state index is -0.0890. The van der Waals surface area contributed by atoms with Crippen LogP contribution in [0.4, 0.5) is 16.5 Å². The van der Waals surface area contributed by atoms with E-state index in [1.54, 1.807) is 24.6 Å². The van der Waals surface area contributed by atoms with Crippen molar-refractivity contribution < 1.29 is 9.53 Å². The van der Waals surface area contributed by atoms with E-state index in [-0.39, 0.29) is 5.91 Å². The zero-order valence-electron chi connectivity index (χ0n) is 15.4. The number of aromatic nitrogens is 2. The van der Waals surface area contributed by atoms with Gasteiger partial charge < -0.3 is 15.4 Å². The summed E-state index contributed by atoms with van der Waals surface area (Å²) in [5, 5.41) is 6.88. The molecule has 6 nitrogen and oxygen atoms in total. The van der Waals surface area contributed by atoms with Crippen LogP contribution in [0.1, 0.15) is 6.92 Å². The summed E-state index contributed by atoms with van der Waals surface area (Å²) in [5.74, 6) is 0.640. The van der Waals surface area contributed by atoms with Crippen molar-refractivity contribution in [3.8, 4) is 16.9 Å². The van der Waals surface area contributed by atoms with E-state index in [1.165, 1.54) is 6.92 Å². The van der Waals surface area contributed by atoms with E-state index < -0.39 is 0 Å². The predicted molar refractivity (Wildman–Crippen MR) is 113 cm³/mol. The lowest BCUT2D eigenvalue weighted by Gasteiger charge is -2.05. The molecule has 140 valence electrons. The Morgan fingerprint density at radius 2 is 1.79 bits per heavy atom. The van der Waals surface area contributed by atoms with Gasteiger partial charge >= 0.3 is 0 Å². The van der Waals surface area contributed by atoms with Crippen LogP contribution in [0.3, 0.4) is 0 Å². The molecule has 2 N–H and O–H groups in total. The van der Waals surface area contributed by atoms with Crippen molar-refractivity contribution in [1.29, 1.82) is 0 Å². The van der Waals surface area contributed by atoms with Crippen LogP contribution in [-0.2, 0) is 4.79 Å². The van der Waals surface area contributed by atoms with Gasteiger partial charge in [-0.2, -0.15) is 0 Å². The standard InChI is InChI=1S/C21H18N4O2S/c1-13(26)23-16-4-6-17(7-5-16)24-21-25-19-8-3-14(10-20(19)28-21)15-9-18(27-2)12-22-11-15/h3-12H,1-2H3,(H,23,26)(H,24,25). The molecule has 0 atom stereocenters. The molecule has 0 aliphatic carbocycles. The minimum absolute atomic E-state index is 0.0890. The van der Waals surface area contributed by atoms with E-state index in [2.05, 4.69) is 26.7 Å². The number of rotatable bonds is 5. The Bertz CT molecular complexity index is 1140. The lowest BCUT2D eigenvalue weighted by molar-refractivity contribution is -0.114. The summed E-state index contributed by atoms with van der Waals surface area (Å²) in [6, 6.07) is 15.6. The molecule has 2 aromatic carbocycles. The number of amides is 1. The monoisotopic (exact) mass is 390 g/mol. The quantitative estimate of drug-likeness (QED) is 0.498. The molecule has 2 aromatic heterocycles. The summed E-state index contributed by atoms with van der Waals surface area (Å²) in [6.07, 6.45) is 3.51. The van der Waals surface area contributed by atoms with Crippen LogP contribution in [-0.4, -0.2) is 23.0 Å². The van der Waals surface area contributed by atoms with Crippen molar-refractivity contribution in [2.45, 2.75) is 6.92 Å². The third-order valence-electron chi connectivity index (χ3n) is 4.13. The van der Waals surface area contributed by atoms with Gasteiger partial charge in [-0.1, -0.05) is 17.4 Å². The number of pyridine rings is 1. The molecule has 0 spiro atoms. The van der Waals surface area contributed by atoms with Crippen LogP contribution in [0.2, 0.25) is 0 Å². The third kappa shape index (κ3) is 3.94. The lowest BCUT2D eigenvalue weighted by atomic mass is 10.1. The Kier molecular flexibility index (Phi) is 4.90. The van der Waals surface area contributed by atoms with E-state index in [0.717, 1.165) is 43.6 Å². The Balaban J connectivity index is 1.57. The first-order valence-electron chi connectivity index (χ1n) is 8.65. The largest absolute Gasteiger partial charge is 0.495 e. The molecule has 0 fully saturated rings. The molecule has 2 heterocycles. The first-order chi connectivity index (χ1) is 13.6. The fourth-order valence-electron chi connectivity index (χ4n) is 2.81. The van der Waals surface area contributed by atoms with Crippen LogP contribution >= 0.6 is 11.3 Å². The van der Waals surface area contributed by atoms with E-state index >= 15 is 0 Å². The topological polar surface area (TPSA) is 76.1 Å². The number of fused-ring (bicyclic) bond motifs is 1. The zero-order valence-corrected chi connectivity index (χ0v) is 16.2. The first kappa shape index (κ1) is 17.9. The van der Waals surface area contributed by atoms with Crippen molar-refractivity contribution in [3.05, 3.63) is 60.9 Å². The van der Waals surface area contributed by atoms with Crippen LogP contribution in [0.25, 0.3) is 21.3 Å². The molecule has 0 radical (unpaired) electrons. The van der Waals surface area contributed by atoms with Crippen LogP contribution < -0.4 is 15.4 Å². The maximum atomic E-state index is 11.1. The SMILES string of the molecule is COc1cncc(-c2ccc3nc(Nc4ccc(NC(C)=O)cc4)sc3c2)c1. The molecule has 7 heteroatoms. The number of benzene rings is 2. The number of hydrogen-bond donors (Lipinski definition) is 2. The number of ether oxygens (including phenoxy) is 1. The molecule has 0 saturated carbocycles. The predicted octanol–water partition coefficient (Wildman–Crippen LogP) is 5.07. The van der Waals surface area contributed by atoms with E-state index in [9.17, 15) is 4.79 Å². The van der Waals surface area contributed by atoms with Crippen molar-refractivity contribution in [1.82, 2.24) is 9.97 Å². The molecule has 1 amide bonds. The number of nitrogens with zero attached hydrogens (tertiary/aromatic N) is 2. The Morgan fingerprint density at radius 3 is 2.54 bits per heavy atom. The molecule has 0 saturated heterocycles. The molecular formula is C21H18N4O2S. The van der Waals surface area contributed by atoms with Gasteiger partial charge in [0.1, 0.15) is 5.75 Å². The van der Waals surface area contributed by atoms with E-state index in [4.69, 9.17) is 4.74 Å². The van der Waals surface area contributed by atoms with Gasteiger partial charge in [0.2, 0.25) is 5.91 Å². The summed E-state index contributed by atoms with van der Waals surface area (Å²) in [7, 11) is 1.63. The van der Waals surface area contributed by atoms with Gasteiger partial charge in [-0.15, -0.1) is 0 Å². The van der Waals surface area contributed by atoms with Crippen molar-refractivity contribution >= 4 is 44.0 Å². The molecule has 0 bridgehead atoms. The van der Waals surface area contributed by atoms with Gasteiger partial charge in [-0.25, -0.2) is 4.98 Å². The summed E-state index contributed by atoms with van der Waals surface area (Å²) in [6.45, 7) is 1.49. The molecule has 0 unspecified atom stereocenters. The van der Waals surface area contributed by atoms with Gasteiger partial charge in [0.15, 0.2) is 5.13 Å². The van der Waals surface area contributed by atoms with Crippen molar-refractivity contribution in [2.75, 3.05) is 17.7 Å². The Morgan fingerprint density at radius 1 is 1.00 bits per heavy atom. The Labute approximate surface area is 166 Å². The second-order valence-corrected chi connectivity index (χ2v) is 7.23. The second-order valence-electron chi connectivity index (χ2n) is 6.20. The van der Waals surface area contributed by atoms with Crippen LogP contribution in [0.15, 0.2) is 60.9 Å². The molecule has 28 heavy (non-hydrogen) atoms. The summed E-state index contributed by atoms with van der Waals surface area (Å²) >= 11 is 1.58. The summed E-state index contributed by atoms with van der Waals surface area (Å²) in [4.78, 5) is 20.0. The smallest absolute Gasteiger partial charge is 0.221 e. The number of thiazole rings is 1. The van der Waals surface area contributed by atoms with Crippen molar-refractivity contribution in [2.24, 2.45) is 0 Å². The van der Waals surface area contributed by atoms with Crippen LogP contribution in [0, 0.1) is 0 Å². The number of carbonyl (C=O) groups excluding carboxylic acids is 1. The highest BCUT2D eigenvalue weighted by molar-refractivity contribution is 7.22. The highest BCUT2D eigenvalue weighted by Crippen LogP contribution is 2.32. The molecule has 4 aromatic rings. The van der Waals surface area contributed by atoms with Gasteiger partial charge in [0.05, 0.1) is 23.5 Å². The highest BCUT2D eigenvalue weighted by Gasteiger charge is 2.08. The lowest BCUT2D eigenvalue weighted by Crippen LogP contribution is -2.05. The molecule has 0 aliphatic rings. The fraction of sp³-hybridized carbons (Fsp3) is 0.0952. The summed E-state index contributed by atoms with van der Waals surface area (Å²) in [5.41, 5.74) is 4.66. The fourth-order valence-corrected chi connectivity index (χ4v) is 3.73. The number of carbonyl (C=O) groups is 1.